The molecule has 2 rings (SSSR count). The lowest BCUT2D eigenvalue weighted by Gasteiger charge is -2.36. The van der Waals surface area contributed by atoms with E-state index in [4.69, 9.17) is 4.74 Å². The molecule has 1 heterocycles. The maximum Gasteiger partial charge on any atom is 0.268 e. The van der Waals surface area contributed by atoms with E-state index in [0.29, 0.717) is 17.9 Å². The first-order valence-corrected chi connectivity index (χ1v) is 8.58. The van der Waals surface area contributed by atoms with Crippen LogP contribution in [0.15, 0.2) is 18.2 Å². The average Bonchev–Trinajstić information content (AvgIpc) is 2.51. The molecule has 4 heteroatoms. The van der Waals surface area contributed by atoms with Gasteiger partial charge in [-0.25, -0.2) is 0 Å². The van der Waals surface area contributed by atoms with Crippen molar-refractivity contribution in [2.45, 2.75) is 59.5 Å². The van der Waals surface area contributed by atoms with Crippen LogP contribution in [0.4, 0.5) is 5.69 Å². The largest absolute Gasteiger partial charge is 0.478 e. The Labute approximate surface area is 138 Å². The van der Waals surface area contributed by atoms with E-state index in [9.17, 15) is 9.59 Å². The molecule has 126 valence electrons. The van der Waals surface area contributed by atoms with Gasteiger partial charge in [0.05, 0.1) is 5.69 Å². The van der Waals surface area contributed by atoms with Crippen LogP contribution in [0, 0.1) is 5.92 Å². The van der Waals surface area contributed by atoms with Crippen molar-refractivity contribution in [2.75, 3.05) is 11.4 Å². The Morgan fingerprint density at radius 1 is 1.26 bits per heavy atom. The van der Waals surface area contributed by atoms with Crippen LogP contribution < -0.4 is 9.64 Å². The minimum atomic E-state index is -0.447. The van der Waals surface area contributed by atoms with Gasteiger partial charge in [-0.1, -0.05) is 40.0 Å². The Morgan fingerprint density at radius 2 is 2.00 bits per heavy atom. The number of nitrogens with zero attached hydrogens (tertiary/aromatic N) is 1. The van der Waals surface area contributed by atoms with Crippen LogP contribution in [0.5, 0.6) is 5.75 Å². The van der Waals surface area contributed by atoms with Gasteiger partial charge in [-0.15, -0.1) is 0 Å². The van der Waals surface area contributed by atoms with E-state index in [-0.39, 0.29) is 17.6 Å². The average molecular weight is 317 g/mol. The first-order valence-electron chi connectivity index (χ1n) is 8.58. The normalized spacial score (nSPS) is 17.2. The molecule has 1 amide bonds. The van der Waals surface area contributed by atoms with Gasteiger partial charge in [0.15, 0.2) is 11.9 Å². The van der Waals surface area contributed by atoms with Crippen LogP contribution in [-0.4, -0.2) is 24.3 Å². The van der Waals surface area contributed by atoms with E-state index in [2.05, 4.69) is 6.92 Å². The smallest absolute Gasteiger partial charge is 0.268 e. The van der Waals surface area contributed by atoms with Crippen LogP contribution in [0.2, 0.25) is 0 Å². The van der Waals surface area contributed by atoms with E-state index < -0.39 is 6.10 Å². The lowest BCUT2D eigenvalue weighted by atomic mass is 10.0. The van der Waals surface area contributed by atoms with Crippen LogP contribution in [0.1, 0.15) is 63.7 Å². The highest BCUT2D eigenvalue weighted by Gasteiger charge is 2.36. The molecule has 1 atom stereocenters. The quantitative estimate of drug-likeness (QED) is 0.559. The Kier molecular flexibility index (Phi) is 5.80. The maximum atomic E-state index is 12.8. The van der Waals surface area contributed by atoms with E-state index in [0.717, 1.165) is 24.9 Å². The van der Waals surface area contributed by atoms with Gasteiger partial charge in [-0.3, -0.25) is 9.59 Å². The summed E-state index contributed by atoms with van der Waals surface area (Å²) in [5.41, 5.74) is 1.35. The number of ether oxygens (including phenoxy) is 1. The summed E-state index contributed by atoms with van der Waals surface area (Å²) < 4.78 is 5.90. The highest BCUT2D eigenvalue weighted by atomic mass is 16.5. The molecule has 1 aliphatic heterocycles. The van der Waals surface area contributed by atoms with Crippen molar-refractivity contribution in [3.63, 3.8) is 0 Å². The number of hydrogen-bond acceptors (Lipinski definition) is 3. The Balaban J connectivity index is 2.30. The van der Waals surface area contributed by atoms with Gasteiger partial charge in [0.2, 0.25) is 0 Å². The number of ketones is 1. The summed E-state index contributed by atoms with van der Waals surface area (Å²) in [5, 5.41) is 0. The summed E-state index contributed by atoms with van der Waals surface area (Å²) in [7, 11) is 0. The predicted octanol–water partition coefficient (Wildman–Crippen LogP) is 4.22. The van der Waals surface area contributed by atoms with Gasteiger partial charge in [0, 0.05) is 12.1 Å². The monoisotopic (exact) mass is 317 g/mol. The topological polar surface area (TPSA) is 46.6 Å². The highest BCUT2D eigenvalue weighted by Crippen LogP contribution is 2.36. The number of unbranched alkanes of at least 4 members (excludes halogenated alkanes) is 3. The third kappa shape index (κ3) is 3.92. The van der Waals surface area contributed by atoms with Crippen molar-refractivity contribution in [2.24, 2.45) is 5.92 Å². The Bertz CT molecular complexity index is 580. The molecule has 1 aromatic carbocycles. The summed E-state index contributed by atoms with van der Waals surface area (Å²) in [6.45, 7) is 8.37. The van der Waals surface area contributed by atoms with Crippen molar-refractivity contribution in [1.82, 2.24) is 0 Å². The van der Waals surface area contributed by atoms with E-state index >= 15 is 0 Å². The molecule has 0 saturated heterocycles. The van der Waals surface area contributed by atoms with Gasteiger partial charge >= 0.3 is 0 Å². The number of amides is 1. The highest BCUT2D eigenvalue weighted by molar-refractivity contribution is 6.02. The SMILES string of the molecule is CCCCCCN1C(=O)C(C(C)C)Oc2ccc(C(C)=O)cc21. The fourth-order valence-electron chi connectivity index (χ4n) is 2.86. The van der Waals surface area contributed by atoms with Crippen molar-refractivity contribution < 1.29 is 14.3 Å². The zero-order valence-electron chi connectivity index (χ0n) is 14.6. The zero-order valence-corrected chi connectivity index (χ0v) is 14.6. The second-order valence-corrected chi connectivity index (χ2v) is 6.57. The molecular formula is C19H27NO3. The molecule has 0 aliphatic carbocycles. The molecule has 23 heavy (non-hydrogen) atoms. The predicted molar refractivity (Wildman–Crippen MR) is 92.2 cm³/mol. The summed E-state index contributed by atoms with van der Waals surface area (Å²) in [4.78, 5) is 26.2. The first-order chi connectivity index (χ1) is 11.0. The van der Waals surface area contributed by atoms with Gasteiger partial charge in [0.1, 0.15) is 5.75 Å². The molecule has 1 aromatic rings. The number of benzene rings is 1. The van der Waals surface area contributed by atoms with Crippen molar-refractivity contribution >= 4 is 17.4 Å². The molecule has 0 spiro atoms. The summed E-state index contributed by atoms with van der Waals surface area (Å²) in [5.74, 6) is 0.812. The summed E-state index contributed by atoms with van der Waals surface area (Å²) in [6, 6.07) is 5.36. The van der Waals surface area contributed by atoms with E-state index in [1.54, 1.807) is 12.1 Å². The van der Waals surface area contributed by atoms with E-state index in [1.807, 2.05) is 24.8 Å². The molecule has 0 bridgehead atoms. The van der Waals surface area contributed by atoms with Crippen LogP contribution in [0.25, 0.3) is 0 Å². The molecule has 1 unspecified atom stereocenters. The number of carbonyl (C=O) groups is 2. The minimum Gasteiger partial charge on any atom is -0.478 e. The third-order valence-electron chi connectivity index (χ3n) is 4.26. The number of fused-ring (bicyclic) bond motifs is 1. The second kappa shape index (κ2) is 7.62. The standard InChI is InChI=1S/C19H27NO3/c1-5-6-7-8-11-20-16-12-15(14(4)21)9-10-17(16)23-18(13(2)3)19(20)22/h9-10,12-13,18H,5-8,11H2,1-4H3. The molecule has 0 fully saturated rings. The minimum absolute atomic E-state index is 0.00262. The first kappa shape index (κ1) is 17.5. The van der Waals surface area contributed by atoms with Crippen LogP contribution in [0.3, 0.4) is 0 Å². The Morgan fingerprint density at radius 3 is 2.61 bits per heavy atom. The Hall–Kier alpha value is -1.84. The van der Waals surface area contributed by atoms with Crippen LogP contribution in [-0.2, 0) is 4.79 Å². The second-order valence-electron chi connectivity index (χ2n) is 6.57. The molecule has 0 aromatic heterocycles. The molecule has 0 N–H and O–H groups in total. The zero-order chi connectivity index (χ0) is 17.0. The molecule has 4 nitrogen and oxygen atoms in total. The van der Waals surface area contributed by atoms with Gasteiger partial charge in [-0.05, 0) is 37.5 Å². The number of Topliss-reactive ketones (excluding diaryl/α,β-unsaturated/α-hetero) is 1. The van der Waals surface area contributed by atoms with E-state index in [1.165, 1.54) is 13.3 Å². The van der Waals surface area contributed by atoms with Gasteiger partial charge in [-0.2, -0.15) is 0 Å². The number of hydrogen-bond donors (Lipinski definition) is 0. The van der Waals surface area contributed by atoms with Crippen molar-refractivity contribution in [3.8, 4) is 5.75 Å². The number of anilines is 1. The van der Waals surface area contributed by atoms with Gasteiger partial charge < -0.3 is 9.64 Å². The maximum absolute atomic E-state index is 12.8. The fourth-order valence-corrected chi connectivity index (χ4v) is 2.86. The molecule has 0 saturated carbocycles. The van der Waals surface area contributed by atoms with Crippen molar-refractivity contribution in [3.05, 3.63) is 23.8 Å². The van der Waals surface area contributed by atoms with Crippen LogP contribution >= 0.6 is 0 Å². The number of rotatable bonds is 7. The molecule has 1 aliphatic rings. The van der Waals surface area contributed by atoms with Crippen molar-refractivity contribution in [1.29, 1.82) is 0 Å². The lowest BCUT2D eigenvalue weighted by molar-refractivity contribution is -0.128. The molecular weight excluding hydrogens is 290 g/mol. The molecule has 0 radical (unpaired) electrons. The summed E-state index contributed by atoms with van der Waals surface area (Å²) >= 11 is 0. The third-order valence-corrected chi connectivity index (χ3v) is 4.26. The number of carbonyl (C=O) groups excluding carboxylic acids is 2. The summed E-state index contributed by atoms with van der Waals surface area (Å²) in [6.07, 6.45) is 3.96. The fraction of sp³-hybridized carbons (Fsp3) is 0.579. The lowest BCUT2D eigenvalue weighted by Crippen LogP contribution is -2.48. The van der Waals surface area contributed by atoms with Gasteiger partial charge in [0.25, 0.3) is 5.91 Å².